The summed E-state index contributed by atoms with van der Waals surface area (Å²) in [4.78, 5) is 26.5. The van der Waals surface area contributed by atoms with Crippen LogP contribution in [0.1, 0.15) is 13.3 Å². The molecule has 1 heterocycles. The van der Waals surface area contributed by atoms with Gasteiger partial charge >= 0.3 is 5.97 Å². The first-order valence-electron chi connectivity index (χ1n) is 6.27. The number of carboxylic acids is 1. The van der Waals surface area contributed by atoms with Gasteiger partial charge in [0.1, 0.15) is 18.8 Å². The first-order chi connectivity index (χ1) is 9.88. The van der Waals surface area contributed by atoms with Crippen LogP contribution in [0.4, 0.5) is 0 Å². The highest BCUT2D eigenvalue weighted by Crippen LogP contribution is 2.24. The van der Waals surface area contributed by atoms with Crippen molar-refractivity contribution in [3.05, 3.63) is 0 Å². The minimum atomic E-state index is -1.25. The van der Waals surface area contributed by atoms with Gasteiger partial charge in [0, 0.05) is 6.42 Å². The highest BCUT2D eigenvalue weighted by Gasteiger charge is 2.40. The van der Waals surface area contributed by atoms with Crippen molar-refractivity contribution in [2.45, 2.75) is 44.1 Å². The van der Waals surface area contributed by atoms with Crippen LogP contribution in [0.25, 0.3) is 0 Å². The van der Waals surface area contributed by atoms with Gasteiger partial charge in [0.05, 0.1) is 12.7 Å². The number of carbonyl (C=O) groups is 2. The van der Waals surface area contributed by atoms with Crippen molar-refractivity contribution >= 4 is 11.9 Å². The summed E-state index contributed by atoms with van der Waals surface area (Å²) >= 11 is 0. The molecule has 0 aromatic rings. The molecule has 0 radical (unpaired) electrons. The minimum Gasteiger partial charge on any atom is -0.479 e. The van der Waals surface area contributed by atoms with Crippen LogP contribution < -0.4 is 5.48 Å². The number of carbonyl (C=O) groups excluding carboxylic acids is 1. The molecule has 21 heavy (non-hydrogen) atoms. The number of hydroxylamine groups is 1. The van der Waals surface area contributed by atoms with Gasteiger partial charge in [0.2, 0.25) is 0 Å². The molecule has 1 aliphatic rings. The topological polar surface area (TPSA) is 155 Å². The molecule has 10 nitrogen and oxygen atoms in total. The maximum atomic E-state index is 10.9. The van der Waals surface area contributed by atoms with E-state index in [1.165, 1.54) is 6.92 Å². The van der Waals surface area contributed by atoms with E-state index in [4.69, 9.17) is 29.6 Å². The molecule has 122 valence electrons. The summed E-state index contributed by atoms with van der Waals surface area (Å²) in [5, 5.41) is 36.4. The molecular formula is C11H19NO9. The van der Waals surface area contributed by atoms with E-state index in [-0.39, 0.29) is 6.42 Å². The minimum absolute atomic E-state index is 0.0685. The van der Waals surface area contributed by atoms with Crippen LogP contribution >= 0.6 is 0 Å². The molecule has 0 aliphatic carbocycles. The summed E-state index contributed by atoms with van der Waals surface area (Å²) in [7, 11) is 0. The van der Waals surface area contributed by atoms with E-state index in [1.54, 1.807) is 0 Å². The van der Waals surface area contributed by atoms with Crippen LogP contribution in [0.2, 0.25) is 0 Å². The fourth-order valence-corrected chi connectivity index (χ4v) is 1.75. The Hall–Kier alpha value is -1.30. The molecule has 5 N–H and O–H groups in total. The second-order valence-electron chi connectivity index (χ2n) is 4.47. The van der Waals surface area contributed by atoms with E-state index in [0.29, 0.717) is 0 Å². The van der Waals surface area contributed by atoms with E-state index in [9.17, 15) is 14.7 Å². The zero-order chi connectivity index (χ0) is 16.0. The number of ether oxygens (including phenoxy) is 2. The molecule has 10 heteroatoms. The summed E-state index contributed by atoms with van der Waals surface area (Å²) in [6.45, 7) is -0.0348. The van der Waals surface area contributed by atoms with Crippen molar-refractivity contribution in [2.24, 2.45) is 0 Å². The number of rotatable bonds is 7. The van der Waals surface area contributed by atoms with Gasteiger partial charge in [-0.05, 0) is 6.92 Å². The van der Waals surface area contributed by atoms with Crippen molar-refractivity contribution in [1.82, 2.24) is 5.48 Å². The SMILES string of the molecule is CC(O[C@@H]1CC(ONC(=O)CO)O[C@H](CO)[C@H]1O)C(=O)O. The monoisotopic (exact) mass is 309 g/mol. The first kappa shape index (κ1) is 17.8. The Labute approximate surface area is 120 Å². The quantitative estimate of drug-likeness (QED) is 0.317. The molecule has 1 fully saturated rings. The standard InChI is InChI=1S/C11H19NO9/c1-5(11(17)18)19-6-2-9(21-12-8(15)4-14)20-7(3-13)10(6)16/h5-7,9-10,13-14,16H,2-4H2,1H3,(H,12,15)(H,17,18)/t5?,6-,7-,9?,10+/m1/s1. The second-order valence-corrected chi connectivity index (χ2v) is 4.47. The number of aliphatic carboxylic acids is 1. The molecule has 1 rings (SSSR count). The van der Waals surface area contributed by atoms with E-state index >= 15 is 0 Å². The highest BCUT2D eigenvalue weighted by molar-refractivity contribution is 5.75. The molecule has 2 unspecified atom stereocenters. The molecule has 5 atom stereocenters. The van der Waals surface area contributed by atoms with Crippen molar-refractivity contribution in [3.8, 4) is 0 Å². The Morgan fingerprint density at radius 2 is 2.10 bits per heavy atom. The third-order valence-electron chi connectivity index (χ3n) is 2.87. The summed E-state index contributed by atoms with van der Waals surface area (Å²) in [6.07, 6.45) is -5.56. The molecule has 1 amide bonds. The molecule has 0 saturated carbocycles. The Morgan fingerprint density at radius 1 is 1.43 bits per heavy atom. The van der Waals surface area contributed by atoms with Gasteiger partial charge < -0.3 is 29.9 Å². The van der Waals surface area contributed by atoms with Crippen molar-refractivity contribution in [3.63, 3.8) is 0 Å². The van der Waals surface area contributed by atoms with E-state index in [2.05, 4.69) is 0 Å². The van der Waals surface area contributed by atoms with E-state index < -0.39 is 55.8 Å². The molecule has 1 saturated heterocycles. The van der Waals surface area contributed by atoms with Gasteiger partial charge in [0.15, 0.2) is 12.4 Å². The van der Waals surface area contributed by atoms with Crippen molar-refractivity contribution in [1.29, 1.82) is 0 Å². The van der Waals surface area contributed by atoms with E-state index in [0.717, 1.165) is 0 Å². The number of aliphatic hydroxyl groups excluding tert-OH is 3. The summed E-state index contributed by atoms with van der Waals surface area (Å²) in [5.74, 6) is -2.01. The van der Waals surface area contributed by atoms with Gasteiger partial charge in [-0.1, -0.05) is 0 Å². The predicted octanol–water partition coefficient (Wildman–Crippen LogP) is -2.65. The lowest BCUT2D eigenvalue weighted by Crippen LogP contribution is -2.53. The Bertz CT molecular complexity index is 364. The van der Waals surface area contributed by atoms with Gasteiger partial charge in [-0.25, -0.2) is 15.1 Å². The van der Waals surface area contributed by atoms with Gasteiger partial charge in [-0.3, -0.25) is 4.79 Å². The summed E-state index contributed by atoms with van der Waals surface area (Å²) < 4.78 is 10.3. The lowest BCUT2D eigenvalue weighted by atomic mass is 10.0. The normalized spacial score (nSPS) is 30.7. The molecule has 0 spiro atoms. The number of hydrogen-bond donors (Lipinski definition) is 5. The Morgan fingerprint density at radius 3 is 2.62 bits per heavy atom. The van der Waals surface area contributed by atoms with Gasteiger partial charge in [-0.15, -0.1) is 0 Å². The largest absolute Gasteiger partial charge is 0.479 e. The summed E-state index contributed by atoms with van der Waals surface area (Å²) in [6, 6.07) is 0. The Balaban J connectivity index is 2.63. The second kappa shape index (κ2) is 8.22. The van der Waals surface area contributed by atoms with Gasteiger partial charge in [-0.2, -0.15) is 0 Å². The van der Waals surface area contributed by atoms with Crippen LogP contribution in [0.15, 0.2) is 0 Å². The molecule has 1 aliphatic heterocycles. The number of hydrogen-bond acceptors (Lipinski definition) is 8. The van der Waals surface area contributed by atoms with Gasteiger partial charge in [0.25, 0.3) is 5.91 Å². The number of amides is 1. The average molecular weight is 309 g/mol. The predicted molar refractivity (Wildman–Crippen MR) is 64.7 cm³/mol. The number of carboxylic acid groups (broad SMARTS) is 1. The third-order valence-corrected chi connectivity index (χ3v) is 2.87. The number of nitrogens with one attached hydrogen (secondary N) is 1. The zero-order valence-corrected chi connectivity index (χ0v) is 11.3. The van der Waals surface area contributed by atoms with Crippen molar-refractivity contribution < 1.29 is 44.3 Å². The third kappa shape index (κ3) is 5.19. The van der Waals surface area contributed by atoms with E-state index in [1.807, 2.05) is 5.48 Å². The smallest absolute Gasteiger partial charge is 0.332 e. The molecule has 0 bridgehead atoms. The fourth-order valence-electron chi connectivity index (χ4n) is 1.75. The van der Waals surface area contributed by atoms with Crippen molar-refractivity contribution in [2.75, 3.05) is 13.2 Å². The lowest BCUT2D eigenvalue weighted by Gasteiger charge is -2.38. The van der Waals surface area contributed by atoms with Crippen LogP contribution in [0, 0.1) is 0 Å². The summed E-state index contributed by atoms with van der Waals surface area (Å²) in [5.41, 5.74) is 1.91. The average Bonchev–Trinajstić information content (AvgIpc) is 2.46. The molecule has 0 aromatic carbocycles. The number of aliphatic hydroxyl groups is 3. The fraction of sp³-hybridized carbons (Fsp3) is 0.818. The van der Waals surface area contributed by atoms with Crippen LogP contribution in [0.3, 0.4) is 0 Å². The maximum Gasteiger partial charge on any atom is 0.332 e. The zero-order valence-electron chi connectivity index (χ0n) is 11.3. The first-order valence-corrected chi connectivity index (χ1v) is 6.27. The lowest BCUT2D eigenvalue weighted by molar-refractivity contribution is -0.281. The molecule has 0 aromatic heterocycles. The van der Waals surface area contributed by atoms with Crippen LogP contribution in [-0.4, -0.2) is 76.2 Å². The highest BCUT2D eigenvalue weighted by atomic mass is 16.8. The van der Waals surface area contributed by atoms with Crippen LogP contribution in [0.5, 0.6) is 0 Å². The Kier molecular flexibility index (Phi) is 6.95. The maximum absolute atomic E-state index is 10.9. The van der Waals surface area contributed by atoms with Crippen LogP contribution in [-0.2, 0) is 23.9 Å². The molecular weight excluding hydrogens is 290 g/mol.